The maximum atomic E-state index is 12.7. The van der Waals surface area contributed by atoms with Gasteiger partial charge in [-0.05, 0) is 68.4 Å². The molecule has 2 aliphatic heterocycles. The molecule has 2 heterocycles. The molecule has 0 radical (unpaired) electrons. The minimum atomic E-state index is 0.0407. The van der Waals surface area contributed by atoms with Crippen LogP contribution in [-0.2, 0) is 9.53 Å². The van der Waals surface area contributed by atoms with Gasteiger partial charge in [0.25, 0.3) is 0 Å². The quantitative estimate of drug-likeness (QED) is 0.770. The van der Waals surface area contributed by atoms with E-state index < -0.39 is 0 Å². The van der Waals surface area contributed by atoms with Gasteiger partial charge in [0.15, 0.2) is 5.78 Å². The number of carbonyl (C=O) groups is 1. The third-order valence-electron chi connectivity index (χ3n) is 4.88. The number of ether oxygens (including phenoxy) is 1. The van der Waals surface area contributed by atoms with E-state index >= 15 is 0 Å². The predicted octanol–water partition coefficient (Wildman–Crippen LogP) is 3.75. The van der Waals surface area contributed by atoms with E-state index in [0.29, 0.717) is 5.78 Å². The van der Waals surface area contributed by atoms with E-state index in [1.807, 2.05) is 11.8 Å². The first-order valence-electron chi connectivity index (χ1n) is 7.74. The zero-order valence-electron chi connectivity index (χ0n) is 11.7. The molecule has 0 aromatic rings. The monoisotopic (exact) mass is 280 g/mol. The van der Waals surface area contributed by atoms with Gasteiger partial charge in [-0.25, -0.2) is 0 Å². The number of Topliss-reactive ketones (excluding diaryl/α,β-unsaturated/α-hetero) is 1. The van der Waals surface area contributed by atoms with Crippen molar-refractivity contribution in [1.29, 1.82) is 0 Å². The zero-order valence-corrected chi connectivity index (χ0v) is 12.5. The lowest BCUT2D eigenvalue weighted by atomic mass is 9.77. The van der Waals surface area contributed by atoms with Gasteiger partial charge in [0.2, 0.25) is 0 Å². The van der Waals surface area contributed by atoms with E-state index in [4.69, 9.17) is 4.74 Å². The summed E-state index contributed by atoms with van der Waals surface area (Å²) in [5.74, 6) is 3.08. The van der Waals surface area contributed by atoms with Crippen molar-refractivity contribution in [3.63, 3.8) is 0 Å². The SMILES string of the molecule is O=C(C1=CCCCC1)C1CCOC2(CCSCC2)C1. The summed E-state index contributed by atoms with van der Waals surface area (Å²) in [6.07, 6.45) is 11.0. The van der Waals surface area contributed by atoms with Crippen molar-refractivity contribution < 1.29 is 9.53 Å². The highest BCUT2D eigenvalue weighted by Crippen LogP contribution is 2.41. The second kappa shape index (κ2) is 6.01. The normalized spacial score (nSPS) is 30.9. The maximum Gasteiger partial charge on any atom is 0.161 e. The minimum Gasteiger partial charge on any atom is -0.375 e. The Morgan fingerprint density at radius 3 is 2.89 bits per heavy atom. The molecule has 0 amide bonds. The number of carbonyl (C=O) groups excluding carboxylic acids is 1. The van der Waals surface area contributed by atoms with Crippen molar-refractivity contribution in [1.82, 2.24) is 0 Å². The fourth-order valence-corrected chi connectivity index (χ4v) is 4.90. The van der Waals surface area contributed by atoms with Gasteiger partial charge in [-0.2, -0.15) is 11.8 Å². The van der Waals surface area contributed by atoms with E-state index in [9.17, 15) is 4.79 Å². The van der Waals surface area contributed by atoms with E-state index in [-0.39, 0.29) is 11.5 Å². The molecule has 2 nitrogen and oxygen atoms in total. The van der Waals surface area contributed by atoms with Crippen LogP contribution in [-0.4, -0.2) is 29.5 Å². The van der Waals surface area contributed by atoms with Crippen molar-refractivity contribution in [2.45, 2.75) is 57.0 Å². The Hall–Kier alpha value is -0.280. The second-order valence-electron chi connectivity index (χ2n) is 6.17. The molecule has 1 spiro atoms. The lowest BCUT2D eigenvalue weighted by Gasteiger charge is -2.43. The van der Waals surface area contributed by atoms with Crippen LogP contribution in [0.2, 0.25) is 0 Å². The molecule has 0 saturated carbocycles. The summed E-state index contributed by atoms with van der Waals surface area (Å²) in [5.41, 5.74) is 1.16. The molecule has 106 valence electrons. The Labute approximate surface area is 120 Å². The van der Waals surface area contributed by atoms with Crippen LogP contribution >= 0.6 is 11.8 Å². The zero-order chi connectivity index (χ0) is 13.1. The molecule has 19 heavy (non-hydrogen) atoms. The van der Waals surface area contributed by atoms with Gasteiger partial charge in [-0.1, -0.05) is 6.08 Å². The lowest BCUT2D eigenvalue weighted by Crippen LogP contribution is -2.44. The van der Waals surface area contributed by atoms with Crippen molar-refractivity contribution in [3.8, 4) is 0 Å². The molecular formula is C16H24O2S. The molecule has 1 unspecified atom stereocenters. The Kier molecular flexibility index (Phi) is 4.33. The third-order valence-corrected chi connectivity index (χ3v) is 5.86. The average Bonchev–Trinajstić information content (AvgIpc) is 2.48. The van der Waals surface area contributed by atoms with Crippen LogP contribution in [0.15, 0.2) is 11.6 Å². The summed E-state index contributed by atoms with van der Waals surface area (Å²) in [6.45, 7) is 0.786. The van der Waals surface area contributed by atoms with Crippen LogP contribution in [0.3, 0.4) is 0 Å². The molecule has 3 heteroatoms. The molecule has 0 aromatic heterocycles. The van der Waals surface area contributed by atoms with Crippen LogP contribution in [0.4, 0.5) is 0 Å². The largest absolute Gasteiger partial charge is 0.375 e. The smallest absolute Gasteiger partial charge is 0.161 e. The van der Waals surface area contributed by atoms with Crippen LogP contribution in [0.25, 0.3) is 0 Å². The Bertz CT molecular complexity index is 363. The Morgan fingerprint density at radius 1 is 1.32 bits per heavy atom. The first-order chi connectivity index (χ1) is 9.29. The number of hydrogen-bond acceptors (Lipinski definition) is 3. The van der Waals surface area contributed by atoms with Crippen molar-refractivity contribution >= 4 is 17.5 Å². The Morgan fingerprint density at radius 2 is 2.16 bits per heavy atom. The highest BCUT2D eigenvalue weighted by Gasteiger charge is 2.41. The maximum absolute atomic E-state index is 12.7. The number of rotatable bonds is 2. The first-order valence-corrected chi connectivity index (χ1v) is 8.90. The fourth-order valence-electron chi connectivity index (χ4n) is 3.67. The fraction of sp³-hybridized carbons (Fsp3) is 0.812. The van der Waals surface area contributed by atoms with Gasteiger partial charge < -0.3 is 4.74 Å². The standard InChI is InChI=1S/C16H24O2S/c17-15(13-4-2-1-3-5-13)14-6-9-18-16(12-14)7-10-19-11-8-16/h4,14H,1-3,5-12H2. The molecule has 0 bridgehead atoms. The molecule has 2 saturated heterocycles. The van der Waals surface area contributed by atoms with Gasteiger partial charge in [-0.3, -0.25) is 4.79 Å². The van der Waals surface area contributed by atoms with Gasteiger partial charge >= 0.3 is 0 Å². The molecule has 1 aliphatic carbocycles. The molecule has 1 atom stereocenters. The van der Waals surface area contributed by atoms with Crippen molar-refractivity contribution in [3.05, 3.63) is 11.6 Å². The number of ketones is 1. The number of hydrogen-bond donors (Lipinski definition) is 0. The number of allylic oxidation sites excluding steroid dienone is 2. The summed E-state index contributed by atoms with van der Waals surface area (Å²) in [4.78, 5) is 12.7. The van der Waals surface area contributed by atoms with Crippen LogP contribution < -0.4 is 0 Å². The summed E-state index contributed by atoms with van der Waals surface area (Å²) in [6, 6.07) is 0. The summed E-state index contributed by atoms with van der Waals surface area (Å²) >= 11 is 2.02. The minimum absolute atomic E-state index is 0.0407. The molecule has 0 aromatic carbocycles. The van der Waals surface area contributed by atoms with Crippen LogP contribution in [0, 0.1) is 5.92 Å². The van der Waals surface area contributed by atoms with Crippen LogP contribution in [0.5, 0.6) is 0 Å². The van der Waals surface area contributed by atoms with Gasteiger partial charge in [0, 0.05) is 12.5 Å². The van der Waals surface area contributed by atoms with Gasteiger partial charge in [0.1, 0.15) is 0 Å². The molecule has 3 aliphatic rings. The molecule has 3 rings (SSSR count). The van der Waals surface area contributed by atoms with Crippen molar-refractivity contribution in [2.24, 2.45) is 5.92 Å². The third kappa shape index (κ3) is 3.08. The summed E-state index contributed by atoms with van der Waals surface area (Å²) in [5, 5.41) is 0. The number of thioether (sulfide) groups is 1. The molecule has 2 fully saturated rings. The van der Waals surface area contributed by atoms with Crippen LogP contribution in [0.1, 0.15) is 51.4 Å². The highest BCUT2D eigenvalue weighted by atomic mass is 32.2. The highest BCUT2D eigenvalue weighted by molar-refractivity contribution is 7.99. The lowest BCUT2D eigenvalue weighted by molar-refractivity contribution is -0.135. The summed E-state index contributed by atoms with van der Waals surface area (Å²) < 4.78 is 6.09. The van der Waals surface area contributed by atoms with E-state index in [1.54, 1.807) is 0 Å². The first kappa shape index (κ1) is 13.7. The van der Waals surface area contributed by atoms with Gasteiger partial charge in [-0.15, -0.1) is 0 Å². The van der Waals surface area contributed by atoms with E-state index in [0.717, 1.165) is 50.7 Å². The topological polar surface area (TPSA) is 26.3 Å². The second-order valence-corrected chi connectivity index (χ2v) is 7.40. The average molecular weight is 280 g/mol. The summed E-state index contributed by atoms with van der Waals surface area (Å²) in [7, 11) is 0. The van der Waals surface area contributed by atoms with E-state index in [2.05, 4.69) is 6.08 Å². The van der Waals surface area contributed by atoms with E-state index in [1.165, 1.54) is 24.3 Å². The molecular weight excluding hydrogens is 256 g/mol. The van der Waals surface area contributed by atoms with Crippen molar-refractivity contribution in [2.75, 3.05) is 18.1 Å². The predicted molar refractivity (Wildman–Crippen MR) is 79.5 cm³/mol. The van der Waals surface area contributed by atoms with Gasteiger partial charge in [0.05, 0.1) is 5.60 Å². The molecule has 0 N–H and O–H groups in total. The Balaban J connectivity index is 1.67.